The number of nitrogens with zero attached hydrogens (tertiary/aromatic N) is 8. The molecule has 3 aliphatic rings. The monoisotopic (exact) mass is 445 g/mol. The first kappa shape index (κ1) is 20.1. The maximum atomic E-state index is 11.7. The minimum Gasteiger partial charge on any atom is -0.355 e. The average Bonchev–Trinajstić information content (AvgIpc) is 3.54. The Morgan fingerprint density at radius 3 is 2.67 bits per heavy atom. The SMILES string of the molecule is CC(=O)N1CCC2(CC1)CN(c1cc(Nc3cccnn3)nc(-c3cnn(C4CC4)c3)n1)C2. The minimum absolute atomic E-state index is 0.174. The molecule has 6 rings (SSSR count). The first-order valence-corrected chi connectivity index (χ1v) is 11.6. The lowest BCUT2D eigenvalue weighted by Crippen LogP contribution is -2.61. The number of likely N-dealkylation sites (tertiary alicyclic amines) is 1. The summed E-state index contributed by atoms with van der Waals surface area (Å²) in [5, 5.41) is 15.9. The molecular weight excluding hydrogens is 418 g/mol. The van der Waals surface area contributed by atoms with Crippen molar-refractivity contribution in [2.75, 3.05) is 36.4 Å². The van der Waals surface area contributed by atoms with Gasteiger partial charge in [0, 0.05) is 57.0 Å². The van der Waals surface area contributed by atoms with Gasteiger partial charge in [0.25, 0.3) is 0 Å². The van der Waals surface area contributed by atoms with Gasteiger partial charge < -0.3 is 15.1 Å². The number of carbonyl (C=O) groups is 1. The Morgan fingerprint density at radius 1 is 1.15 bits per heavy atom. The molecule has 33 heavy (non-hydrogen) atoms. The quantitative estimate of drug-likeness (QED) is 0.639. The maximum Gasteiger partial charge on any atom is 0.219 e. The fourth-order valence-electron chi connectivity index (χ4n) is 4.82. The molecule has 5 heterocycles. The molecule has 10 heteroatoms. The highest BCUT2D eigenvalue weighted by Gasteiger charge is 2.45. The van der Waals surface area contributed by atoms with Crippen LogP contribution in [0.1, 0.15) is 38.6 Å². The summed E-state index contributed by atoms with van der Waals surface area (Å²) in [6.07, 6.45) is 9.97. The number of hydrogen-bond donors (Lipinski definition) is 1. The van der Waals surface area contributed by atoms with Gasteiger partial charge in [-0.25, -0.2) is 9.97 Å². The van der Waals surface area contributed by atoms with E-state index in [0.29, 0.717) is 23.5 Å². The molecule has 2 aliphatic heterocycles. The molecule has 0 atom stereocenters. The topological polar surface area (TPSA) is 105 Å². The Hall–Kier alpha value is -3.56. The molecule has 1 amide bonds. The molecule has 0 radical (unpaired) electrons. The summed E-state index contributed by atoms with van der Waals surface area (Å²) in [6, 6.07) is 6.18. The van der Waals surface area contributed by atoms with Crippen LogP contribution in [0.25, 0.3) is 11.4 Å². The van der Waals surface area contributed by atoms with E-state index in [4.69, 9.17) is 9.97 Å². The summed E-state index contributed by atoms with van der Waals surface area (Å²) >= 11 is 0. The second-order valence-electron chi connectivity index (χ2n) is 9.47. The van der Waals surface area contributed by atoms with Crippen LogP contribution in [0.2, 0.25) is 0 Å². The van der Waals surface area contributed by atoms with Gasteiger partial charge in [0.2, 0.25) is 5.91 Å². The first-order chi connectivity index (χ1) is 16.1. The van der Waals surface area contributed by atoms with E-state index in [2.05, 4.69) is 25.5 Å². The smallest absolute Gasteiger partial charge is 0.219 e. The lowest BCUT2D eigenvalue weighted by Gasteiger charge is -2.54. The van der Waals surface area contributed by atoms with Crippen LogP contribution in [-0.2, 0) is 4.79 Å². The summed E-state index contributed by atoms with van der Waals surface area (Å²) < 4.78 is 2.02. The van der Waals surface area contributed by atoms with Crippen molar-refractivity contribution in [1.82, 2.24) is 34.8 Å². The zero-order valence-electron chi connectivity index (χ0n) is 18.7. The van der Waals surface area contributed by atoms with Gasteiger partial charge in [0.15, 0.2) is 11.6 Å². The van der Waals surface area contributed by atoms with Gasteiger partial charge in [0.1, 0.15) is 11.6 Å². The van der Waals surface area contributed by atoms with Crippen LogP contribution in [0, 0.1) is 5.41 Å². The third kappa shape index (κ3) is 4.01. The van der Waals surface area contributed by atoms with Crippen LogP contribution in [-0.4, -0.2) is 66.9 Å². The third-order valence-electron chi connectivity index (χ3n) is 6.97. The van der Waals surface area contributed by atoms with Crippen LogP contribution in [0.3, 0.4) is 0 Å². The fourth-order valence-corrected chi connectivity index (χ4v) is 4.82. The summed E-state index contributed by atoms with van der Waals surface area (Å²) in [4.78, 5) is 25.6. The molecular formula is C23H27N9O. The molecule has 0 aromatic carbocycles. The van der Waals surface area contributed by atoms with E-state index in [0.717, 1.165) is 50.4 Å². The predicted molar refractivity (Wildman–Crippen MR) is 123 cm³/mol. The number of piperidine rings is 1. The van der Waals surface area contributed by atoms with Crippen LogP contribution in [0.4, 0.5) is 17.5 Å². The van der Waals surface area contributed by atoms with Crippen molar-refractivity contribution in [3.8, 4) is 11.4 Å². The van der Waals surface area contributed by atoms with Crippen molar-refractivity contribution in [1.29, 1.82) is 0 Å². The second kappa shape index (κ2) is 7.79. The van der Waals surface area contributed by atoms with Crippen molar-refractivity contribution in [3.05, 3.63) is 36.8 Å². The van der Waals surface area contributed by atoms with E-state index in [1.165, 1.54) is 12.8 Å². The standard InChI is InChI=1S/C23H27N9O/c1-16(33)30-9-6-23(7-10-30)14-31(15-23)21-11-20(26-19-3-2-8-24-29-19)27-22(28-21)17-12-25-32(13-17)18-4-5-18/h2-3,8,11-13,18H,4-7,9-10,14-15H2,1H3,(H,26,27,28,29). The van der Waals surface area contributed by atoms with E-state index in [9.17, 15) is 4.79 Å². The molecule has 0 bridgehead atoms. The lowest BCUT2D eigenvalue weighted by atomic mass is 9.72. The van der Waals surface area contributed by atoms with Crippen molar-refractivity contribution in [2.45, 2.75) is 38.6 Å². The number of carbonyl (C=O) groups excluding carboxylic acids is 1. The summed E-state index contributed by atoms with van der Waals surface area (Å²) in [5.41, 5.74) is 1.18. The van der Waals surface area contributed by atoms with Crippen LogP contribution in [0.5, 0.6) is 0 Å². The predicted octanol–water partition coefficient (Wildman–Crippen LogP) is 2.66. The lowest BCUT2D eigenvalue weighted by molar-refractivity contribution is -0.131. The van der Waals surface area contributed by atoms with Crippen LogP contribution in [0.15, 0.2) is 36.8 Å². The largest absolute Gasteiger partial charge is 0.355 e. The Morgan fingerprint density at radius 2 is 1.97 bits per heavy atom. The number of rotatable bonds is 5. The summed E-state index contributed by atoms with van der Waals surface area (Å²) in [7, 11) is 0. The molecule has 1 aliphatic carbocycles. The number of amides is 1. The molecule has 170 valence electrons. The molecule has 2 saturated heterocycles. The van der Waals surface area contributed by atoms with Gasteiger partial charge in [0.05, 0.1) is 17.8 Å². The first-order valence-electron chi connectivity index (χ1n) is 11.6. The second-order valence-corrected chi connectivity index (χ2v) is 9.47. The Bertz CT molecular complexity index is 1160. The zero-order valence-corrected chi connectivity index (χ0v) is 18.7. The number of nitrogens with one attached hydrogen (secondary N) is 1. The Balaban J connectivity index is 1.25. The van der Waals surface area contributed by atoms with E-state index < -0.39 is 0 Å². The summed E-state index contributed by atoms with van der Waals surface area (Å²) in [6.45, 7) is 5.24. The van der Waals surface area contributed by atoms with Crippen molar-refractivity contribution < 1.29 is 4.79 Å². The third-order valence-corrected chi connectivity index (χ3v) is 6.97. The fraction of sp³-hybridized carbons (Fsp3) is 0.478. The number of hydrogen-bond acceptors (Lipinski definition) is 8. The molecule has 10 nitrogen and oxygen atoms in total. The molecule has 1 N–H and O–H groups in total. The maximum absolute atomic E-state index is 11.7. The molecule has 1 spiro atoms. The van der Waals surface area contributed by atoms with Gasteiger partial charge in [-0.05, 0) is 37.8 Å². The normalized spacial score (nSPS) is 19.4. The minimum atomic E-state index is 0.174. The van der Waals surface area contributed by atoms with Gasteiger partial charge in [-0.2, -0.15) is 10.2 Å². The van der Waals surface area contributed by atoms with E-state index in [1.54, 1.807) is 13.1 Å². The summed E-state index contributed by atoms with van der Waals surface area (Å²) in [5.74, 6) is 3.04. The highest BCUT2D eigenvalue weighted by atomic mass is 16.2. The Labute approximate surface area is 192 Å². The van der Waals surface area contributed by atoms with Crippen LogP contribution >= 0.6 is 0 Å². The molecule has 3 fully saturated rings. The van der Waals surface area contributed by atoms with Crippen LogP contribution < -0.4 is 10.2 Å². The Kier molecular flexibility index (Phi) is 4.74. The van der Waals surface area contributed by atoms with E-state index in [-0.39, 0.29) is 11.3 Å². The number of anilines is 3. The van der Waals surface area contributed by atoms with Gasteiger partial charge in [-0.1, -0.05) is 0 Å². The highest BCUT2D eigenvalue weighted by Crippen LogP contribution is 2.43. The molecule has 0 unspecified atom stereocenters. The molecule has 1 saturated carbocycles. The average molecular weight is 446 g/mol. The van der Waals surface area contributed by atoms with E-state index >= 15 is 0 Å². The van der Waals surface area contributed by atoms with Gasteiger partial charge in [-0.15, -0.1) is 5.10 Å². The molecule has 3 aromatic rings. The van der Waals surface area contributed by atoms with Crippen molar-refractivity contribution >= 4 is 23.4 Å². The molecule has 3 aromatic heterocycles. The van der Waals surface area contributed by atoms with Gasteiger partial charge in [-0.3, -0.25) is 9.48 Å². The van der Waals surface area contributed by atoms with Crippen molar-refractivity contribution in [3.63, 3.8) is 0 Å². The van der Waals surface area contributed by atoms with Gasteiger partial charge >= 0.3 is 0 Å². The number of aromatic nitrogens is 6. The van der Waals surface area contributed by atoms with Crippen molar-refractivity contribution in [2.24, 2.45) is 5.41 Å². The zero-order chi connectivity index (χ0) is 22.4. The van der Waals surface area contributed by atoms with E-state index in [1.807, 2.05) is 40.2 Å². The highest BCUT2D eigenvalue weighted by molar-refractivity contribution is 5.73.